The van der Waals surface area contributed by atoms with Gasteiger partial charge in [-0.15, -0.1) is 10.2 Å². The molecule has 0 aliphatic carbocycles. The van der Waals surface area contributed by atoms with Crippen molar-refractivity contribution >= 4 is 55.5 Å². The highest BCUT2D eigenvalue weighted by atomic mass is 32.2. The lowest BCUT2D eigenvalue weighted by molar-refractivity contribution is -0.384. The van der Waals surface area contributed by atoms with Gasteiger partial charge in [-0.2, -0.15) is 0 Å². The number of anilines is 2. The van der Waals surface area contributed by atoms with Gasteiger partial charge in [0.2, 0.25) is 21.1 Å². The number of nitrogens with one attached hydrogen (secondary N) is 1. The third-order valence-electron chi connectivity index (χ3n) is 3.54. The number of carbonyl (C=O) groups excluding carboxylic acids is 1. The summed E-state index contributed by atoms with van der Waals surface area (Å²) in [7, 11) is -3.91. The highest BCUT2D eigenvalue weighted by Crippen LogP contribution is 2.30. The molecule has 1 amide bonds. The number of carbonyl (C=O) groups is 1. The number of benzene rings is 1. The molecule has 0 spiro atoms. The predicted molar refractivity (Wildman–Crippen MR) is 105 cm³/mol. The number of nitro benzene ring substituents is 1. The Morgan fingerprint density at radius 2 is 2.07 bits per heavy atom. The number of aryl methyl sites for hydroxylation is 1. The molecule has 0 saturated heterocycles. The van der Waals surface area contributed by atoms with Gasteiger partial charge in [-0.3, -0.25) is 24.5 Å². The van der Waals surface area contributed by atoms with Crippen LogP contribution in [0.25, 0.3) is 0 Å². The van der Waals surface area contributed by atoms with Crippen LogP contribution in [-0.4, -0.2) is 48.0 Å². The number of rotatable bonds is 7. The summed E-state index contributed by atoms with van der Waals surface area (Å²) >= 11 is 2.52. The fourth-order valence-electron chi connectivity index (χ4n) is 2.28. The highest BCUT2D eigenvalue weighted by Gasteiger charge is 2.31. The molecule has 2 aromatic rings. The van der Waals surface area contributed by atoms with Crippen molar-refractivity contribution < 1.29 is 18.1 Å². The zero-order chi connectivity index (χ0) is 20.4. The van der Waals surface area contributed by atoms with Crippen LogP contribution in [0, 0.1) is 17.0 Å². The van der Waals surface area contributed by atoms with E-state index in [1.54, 1.807) is 6.92 Å². The van der Waals surface area contributed by atoms with Crippen LogP contribution in [0.3, 0.4) is 0 Å². The van der Waals surface area contributed by atoms with E-state index in [-0.39, 0.29) is 16.5 Å². The average Bonchev–Trinajstić information content (AvgIpc) is 3.02. The van der Waals surface area contributed by atoms with E-state index in [4.69, 9.17) is 0 Å². The number of aromatic nitrogens is 2. The Morgan fingerprint density at radius 1 is 1.41 bits per heavy atom. The number of non-ortho nitro benzene ring substituents is 1. The van der Waals surface area contributed by atoms with Gasteiger partial charge in [0.05, 0.1) is 16.9 Å². The fourth-order valence-corrected chi connectivity index (χ4v) is 4.68. The second kappa shape index (κ2) is 8.19. The van der Waals surface area contributed by atoms with E-state index in [9.17, 15) is 23.3 Å². The summed E-state index contributed by atoms with van der Waals surface area (Å²) in [5.41, 5.74) is 0.272. The second-order valence-corrected chi connectivity index (χ2v) is 9.42. The molecule has 146 valence electrons. The van der Waals surface area contributed by atoms with E-state index in [0.29, 0.717) is 9.90 Å². The molecule has 0 radical (unpaired) electrons. The second-order valence-electron chi connectivity index (χ2n) is 5.53. The minimum absolute atomic E-state index is 0.0661. The normalized spacial score (nSPS) is 12.4. The molecule has 0 bridgehead atoms. The van der Waals surface area contributed by atoms with Gasteiger partial charge in [0.25, 0.3) is 5.69 Å². The van der Waals surface area contributed by atoms with Crippen LogP contribution < -0.4 is 9.62 Å². The molecule has 1 aromatic carbocycles. The Morgan fingerprint density at radius 3 is 2.59 bits per heavy atom. The first-order chi connectivity index (χ1) is 12.5. The number of hydrogen-bond donors (Lipinski definition) is 1. The Hall–Kier alpha value is -2.25. The van der Waals surface area contributed by atoms with E-state index >= 15 is 0 Å². The van der Waals surface area contributed by atoms with Crippen LogP contribution >= 0.6 is 23.1 Å². The van der Waals surface area contributed by atoms with E-state index in [1.807, 2.05) is 6.26 Å². The van der Waals surface area contributed by atoms with Crippen molar-refractivity contribution in [1.29, 1.82) is 0 Å². The molecule has 0 aliphatic rings. The topological polar surface area (TPSA) is 135 Å². The number of hydrogen-bond acceptors (Lipinski definition) is 9. The van der Waals surface area contributed by atoms with Crippen LogP contribution in [0.15, 0.2) is 22.5 Å². The van der Waals surface area contributed by atoms with Crippen molar-refractivity contribution in [3.8, 4) is 0 Å². The molecule has 27 heavy (non-hydrogen) atoms. The maximum absolute atomic E-state index is 12.6. The molecule has 0 fully saturated rings. The zero-order valence-corrected chi connectivity index (χ0v) is 17.3. The van der Waals surface area contributed by atoms with E-state index in [2.05, 4.69) is 15.5 Å². The van der Waals surface area contributed by atoms with Crippen LogP contribution in [0.4, 0.5) is 16.5 Å². The summed E-state index contributed by atoms with van der Waals surface area (Å²) in [5, 5.41) is 21.5. The molecule has 1 unspecified atom stereocenters. The van der Waals surface area contributed by atoms with Crippen LogP contribution in [0.5, 0.6) is 0 Å². The van der Waals surface area contributed by atoms with Gasteiger partial charge in [0, 0.05) is 12.1 Å². The molecule has 0 aliphatic heterocycles. The number of thioether (sulfide) groups is 1. The monoisotopic (exact) mass is 431 g/mol. The SMILES string of the molecule is CSc1nnc(NC(=O)C(C)N(c2cc([N+](=O)[O-])ccc2C)S(C)(=O)=O)s1. The lowest BCUT2D eigenvalue weighted by Gasteiger charge is -2.29. The van der Waals surface area contributed by atoms with Gasteiger partial charge < -0.3 is 0 Å². The largest absolute Gasteiger partial charge is 0.299 e. The average molecular weight is 432 g/mol. The molecular weight excluding hydrogens is 414 g/mol. The van der Waals surface area contributed by atoms with E-state index in [1.165, 1.54) is 30.8 Å². The first-order valence-corrected chi connectivity index (χ1v) is 11.4. The number of nitro groups is 1. The molecule has 10 nitrogen and oxygen atoms in total. The number of sulfonamides is 1. The first kappa shape index (κ1) is 21.1. The maximum atomic E-state index is 12.6. The van der Waals surface area contributed by atoms with Gasteiger partial charge in [0.1, 0.15) is 6.04 Å². The Kier molecular flexibility index (Phi) is 6.38. The maximum Gasteiger partial charge on any atom is 0.271 e. The Bertz CT molecular complexity index is 975. The van der Waals surface area contributed by atoms with Crippen molar-refractivity contribution in [3.05, 3.63) is 33.9 Å². The molecular formula is C14H17N5O5S3. The summed E-state index contributed by atoms with van der Waals surface area (Å²) in [6, 6.07) is 2.68. The molecule has 1 heterocycles. The molecule has 13 heteroatoms. The minimum Gasteiger partial charge on any atom is -0.299 e. The molecule has 1 aromatic heterocycles. The zero-order valence-electron chi connectivity index (χ0n) is 14.9. The highest BCUT2D eigenvalue weighted by molar-refractivity contribution is 8.00. The lowest BCUT2D eigenvalue weighted by Crippen LogP contribution is -2.45. The van der Waals surface area contributed by atoms with E-state index < -0.39 is 26.9 Å². The van der Waals surface area contributed by atoms with Gasteiger partial charge in [-0.1, -0.05) is 29.2 Å². The minimum atomic E-state index is -3.91. The smallest absolute Gasteiger partial charge is 0.271 e. The summed E-state index contributed by atoms with van der Waals surface area (Å²) in [6.07, 6.45) is 2.75. The lowest BCUT2D eigenvalue weighted by atomic mass is 10.1. The summed E-state index contributed by atoms with van der Waals surface area (Å²) in [5.74, 6) is -0.630. The number of amides is 1. The Labute approximate surface area is 164 Å². The van der Waals surface area contributed by atoms with Crippen molar-refractivity contribution in [1.82, 2.24) is 10.2 Å². The standard InChI is InChI=1S/C14H17N5O5S3/c1-8-5-6-10(19(21)22)7-11(8)18(27(4,23)24)9(2)12(20)15-13-16-17-14(25-3)26-13/h5-7,9H,1-4H3,(H,15,16,20). The third-order valence-corrected chi connectivity index (χ3v) is 6.58. The number of nitrogens with zero attached hydrogens (tertiary/aromatic N) is 4. The van der Waals surface area contributed by atoms with E-state index in [0.717, 1.165) is 28.0 Å². The molecule has 1 N–H and O–H groups in total. The van der Waals surface area contributed by atoms with Gasteiger partial charge in [0.15, 0.2) is 4.34 Å². The first-order valence-electron chi connectivity index (χ1n) is 7.47. The summed E-state index contributed by atoms with van der Waals surface area (Å²) in [4.78, 5) is 23.0. The third kappa shape index (κ3) is 4.93. The molecule has 0 saturated carbocycles. The van der Waals surface area contributed by atoms with Gasteiger partial charge in [-0.25, -0.2) is 8.42 Å². The summed E-state index contributed by atoms with van der Waals surface area (Å²) < 4.78 is 26.2. The van der Waals surface area contributed by atoms with Gasteiger partial charge in [-0.05, 0) is 25.7 Å². The van der Waals surface area contributed by atoms with Crippen LogP contribution in [0.1, 0.15) is 12.5 Å². The van der Waals surface area contributed by atoms with Crippen molar-refractivity contribution in [2.24, 2.45) is 0 Å². The van der Waals surface area contributed by atoms with Crippen LogP contribution in [-0.2, 0) is 14.8 Å². The van der Waals surface area contributed by atoms with Crippen molar-refractivity contribution in [2.45, 2.75) is 24.2 Å². The molecule has 2 rings (SSSR count). The Balaban J connectivity index is 2.40. The van der Waals surface area contributed by atoms with Crippen LogP contribution in [0.2, 0.25) is 0 Å². The van der Waals surface area contributed by atoms with Crippen molar-refractivity contribution in [2.75, 3.05) is 22.1 Å². The van der Waals surface area contributed by atoms with Crippen molar-refractivity contribution in [3.63, 3.8) is 0 Å². The quantitative estimate of drug-likeness (QED) is 0.305. The van der Waals surface area contributed by atoms with Gasteiger partial charge >= 0.3 is 0 Å². The fraction of sp³-hybridized carbons (Fsp3) is 0.357. The molecule has 1 atom stereocenters. The summed E-state index contributed by atoms with van der Waals surface area (Å²) in [6.45, 7) is 3.00. The predicted octanol–water partition coefficient (Wildman–Crippen LogP) is 2.27.